The second-order valence-corrected chi connectivity index (χ2v) is 10.4. The molecule has 1 atom stereocenters. The van der Waals surface area contributed by atoms with E-state index in [1.54, 1.807) is 56.3 Å². The molecule has 2 aromatic carbocycles. The van der Waals surface area contributed by atoms with Gasteiger partial charge in [-0.25, -0.2) is 9.78 Å². The quantitative estimate of drug-likeness (QED) is 0.165. The molecule has 0 spiro atoms. The number of amides is 1. The Morgan fingerprint density at radius 1 is 1.16 bits per heavy atom. The SMILES string of the molecule is CCOC(=O)c1sc(N2C(=O)C(=O)/C(=C(/O)c3ccc(OC(C)C)c(C)c3)[C@@H]2c2ccc(Cl)cc2)nc1C. The summed E-state index contributed by atoms with van der Waals surface area (Å²) < 4.78 is 10.9. The zero-order chi connectivity index (χ0) is 27.7. The zero-order valence-electron chi connectivity index (χ0n) is 21.6. The van der Waals surface area contributed by atoms with Gasteiger partial charge >= 0.3 is 11.9 Å². The monoisotopic (exact) mass is 554 g/mol. The van der Waals surface area contributed by atoms with E-state index in [2.05, 4.69) is 4.98 Å². The van der Waals surface area contributed by atoms with Crippen molar-refractivity contribution in [3.63, 3.8) is 0 Å². The van der Waals surface area contributed by atoms with E-state index in [0.29, 0.717) is 27.6 Å². The fourth-order valence-electron chi connectivity index (χ4n) is 4.20. The van der Waals surface area contributed by atoms with E-state index in [9.17, 15) is 19.5 Å². The van der Waals surface area contributed by atoms with Crippen LogP contribution in [-0.2, 0) is 14.3 Å². The molecule has 0 radical (unpaired) electrons. The molecule has 1 N–H and O–H groups in total. The van der Waals surface area contributed by atoms with E-state index in [0.717, 1.165) is 16.9 Å². The lowest BCUT2D eigenvalue weighted by Crippen LogP contribution is -2.29. The largest absolute Gasteiger partial charge is 0.507 e. The first kappa shape index (κ1) is 27.3. The second kappa shape index (κ2) is 11.0. The minimum atomic E-state index is -1.00. The van der Waals surface area contributed by atoms with Gasteiger partial charge in [-0.1, -0.05) is 35.1 Å². The number of aliphatic hydroxyl groups excluding tert-OH is 1. The minimum absolute atomic E-state index is 0.0374. The molecule has 0 bridgehead atoms. The number of aromatic nitrogens is 1. The van der Waals surface area contributed by atoms with Gasteiger partial charge in [0.15, 0.2) is 5.13 Å². The number of esters is 1. The van der Waals surface area contributed by atoms with Crippen LogP contribution in [0.4, 0.5) is 5.13 Å². The fraction of sp³-hybridized carbons (Fsp3) is 0.286. The predicted octanol–water partition coefficient (Wildman–Crippen LogP) is 6.00. The number of carbonyl (C=O) groups is 3. The lowest BCUT2D eigenvalue weighted by Gasteiger charge is -2.23. The summed E-state index contributed by atoms with van der Waals surface area (Å²) in [6, 6.07) is 10.7. The number of hydrogen-bond acceptors (Lipinski definition) is 8. The number of aliphatic hydroxyl groups is 1. The van der Waals surface area contributed by atoms with Gasteiger partial charge in [0.1, 0.15) is 16.4 Å². The molecule has 1 aromatic heterocycles. The molecule has 8 nitrogen and oxygen atoms in total. The maximum atomic E-state index is 13.4. The molecule has 3 aromatic rings. The van der Waals surface area contributed by atoms with Crippen molar-refractivity contribution in [2.45, 2.75) is 46.8 Å². The topological polar surface area (TPSA) is 106 Å². The van der Waals surface area contributed by atoms with E-state index in [1.165, 1.54) is 4.90 Å². The first-order valence-electron chi connectivity index (χ1n) is 12.0. The molecule has 1 aliphatic heterocycles. The van der Waals surface area contributed by atoms with Gasteiger partial charge in [-0.3, -0.25) is 14.5 Å². The molecular weight excluding hydrogens is 528 g/mol. The van der Waals surface area contributed by atoms with Gasteiger partial charge in [0.05, 0.1) is 30.0 Å². The molecule has 38 heavy (non-hydrogen) atoms. The number of halogens is 1. The van der Waals surface area contributed by atoms with Gasteiger partial charge < -0.3 is 14.6 Å². The molecule has 1 saturated heterocycles. The average molecular weight is 555 g/mol. The molecule has 1 aliphatic rings. The van der Waals surface area contributed by atoms with Crippen LogP contribution in [0.15, 0.2) is 48.0 Å². The third-order valence-corrected chi connectivity index (χ3v) is 7.28. The van der Waals surface area contributed by atoms with Gasteiger partial charge in [0.2, 0.25) is 0 Å². The second-order valence-electron chi connectivity index (χ2n) is 9.00. The van der Waals surface area contributed by atoms with Crippen molar-refractivity contribution in [1.29, 1.82) is 0 Å². The van der Waals surface area contributed by atoms with Crippen molar-refractivity contribution in [2.24, 2.45) is 0 Å². The van der Waals surface area contributed by atoms with Crippen LogP contribution < -0.4 is 9.64 Å². The Kier molecular flexibility index (Phi) is 7.89. The van der Waals surface area contributed by atoms with Crippen LogP contribution in [0.25, 0.3) is 5.76 Å². The normalized spacial score (nSPS) is 16.8. The van der Waals surface area contributed by atoms with Crippen LogP contribution in [0, 0.1) is 13.8 Å². The molecule has 2 heterocycles. The summed E-state index contributed by atoms with van der Waals surface area (Å²) in [5.74, 6) is -1.98. The van der Waals surface area contributed by atoms with Gasteiger partial charge in [0.25, 0.3) is 5.78 Å². The highest BCUT2D eigenvalue weighted by Crippen LogP contribution is 2.44. The summed E-state index contributed by atoms with van der Waals surface area (Å²) >= 11 is 7.05. The smallest absolute Gasteiger partial charge is 0.350 e. The maximum absolute atomic E-state index is 13.4. The molecule has 1 amide bonds. The number of ether oxygens (including phenoxy) is 2. The van der Waals surface area contributed by atoms with E-state index >= 15 is 0 Å². The molecule has 0 unspecified atom stereocenters. The van der Waals surface area contributed by atoms with E-state index < -0.39 is 23.7 Å². The third-order valence-electron chi connectivity index (χ3n) is 5.89. The van der Waals surface area contributed by atoms with Crippen LogP contribution >= 0.6 is 22.9 Å². The van der Waals surface area contributed by atoms with E-state index in [4.69, 9.17) is 21.1 Å². The van der Waals surface area contributed by atoms with Crippen molar-refractivity contribution in [2.75, 3.05) is 11.5 Å². The Labute approximate surface area is 229 Å². The van der Waals surface area contributed by atoms with Crippen LogP contribution in [-0.4, -0.2) is 40.5 Å². The van der Waals surface area contributed by atoms with E-state index in [-0.39, 0.29) is 34.1 Å². The molecular formula is C28H27ClN2O6S. The van der Waals surface area contributed by atoms with Gasteiger partial charge in [-0.2, -0.15) is 0 Å². The number of carbonyl (C=O) groups excluding carboxylic acids is 3. The van der Waals surface area contributed by atoms with Crippen LogP contribution in [0.3, 0.4) is 0 Å². The highest BCUT2D eigenvalue weighted by molar-refractivity contribution is 7.17. The standard InChI is InChI=1S/C28H27ClN2O6S/c1-6-36-27(35)25-16(5)30-28(38-25)31-22(17-7-10-19(29)11-8-17)21(24(33)26(31)34)23(32)18-9-12-20(15(4)13-18)37-14(2)3/h7-14,22,32H,6H2,1-5H3/b23-21+/t22-/m0/s1. The summed E-state index contributed by atoms with van der Waals surface area (Å²) in [5.41, 5.74) is 1.93. The summed E-state index contributed by atoms with van der Waals surface area (Å²) in [7, 11) is 0. The van der Waals surface area contributed by atoms with Crippen LogP contribution in [0.1, 0.15) is 58.9 Å². The molecule has 10 heteroatoms. The van der Waals surface area contributed by atoms with Gasteiger partial charge in [0, 0.05) is 10.6 Å². The van der Waals surface area contributed by atoms with Crippen molar-refractivity contribution < 1.29 is 29.0 Å². The fourth-order valence-corrected chi connectivity index (χ4v) is 5.31. The Morgan fingerprint density at radius 2 is 1.84 bits per heavy atom. The first-order chi connectivity index (χ1) is 18.0. The number of anilines is 1. The molecule has 4 rings (SSSR count). The highest BCUT2D eigenvalue weighted by atomic mass is 35.5. The summed E-state index contributed by atoms with van der Waals surface area (Å²) in [6.45, 7) is 9.16. The van der Waals surface area contributed by atoms with Crippen molar-refractivity contribution in [3.8, 4) is 5.75 Å². The number of benzene rings is 2. The molecule has 0 aliphatic carbocycles. The molecule has 0 saturated carbocycles. The number of rotatable bonds is 7. The van der Waals surface area contributed by atoms with Crippen molar-refractivity contribution >= 4 is 51.5 Å². The Hall–Kier alpha value is -3.69. The maximum Gasteiger partial charge on any atom is 0.350 e. The summed E-state index contributed by atoms with van der Waals surface area (Å²) in [6.07, 6.45) is -0.0374. The number of hydrogen-bond donors (Lipinski definition) is 1. The number of ketones is 1. The number of thiazole rings is 1. The third kappa shape index (κ3) is 5.16. The Bertz CT molecular complexity index is 1440. The van der Waals surface area contributed by atoms with Crippen LogP contribution in [0.5, 0.6) is 5.75 Å². The lowest BCUT2D eigenvalue weighted by molar-refractivity contribution is -0.132. The number of nitrogens with zero attached hydrogens (tertiary/aromatic N) is 2. The molecule has 1 fully saturated rings. The Balaban J connectivity index is 1.88. The zero-order valence-corrected chi connectivity index (χ0v) is 23.1. The summed E-state index contributed by atoms with van der Waals surface area (Å²) in [4.78, 5) is 45.1. The van der Waals surface area contributed by atoms with Gasteiger partial charge in [-0.05, 0) is 76.1 Å². The summed E-state index contributed by atoms with van der Waals surface area (Å²) in [5, 5.41) is 12.0. The number of Topliss-reactive ketones (excluding diaryl/α,β-unsaturated/α-hetero) is 1. The van der Waals surface area contributed by atoms with Crippen molar-refractivity contribution in [3.05, 3.63) is 80.3 Å². The Morgan fingerprint density at radius 3 is 2.45 bits per heavy atom. The van der Waals surface area contributed by atoms with Crippen molar-refractivity contribution in [1.82, 2.24) is 4.98 Å². The van der Waals surface area contributed by atoms with Gasteiger partial charge in [-0.15, -0.1) is 0 Å². The minimum Gasteiger partial charge on any atom is -0.507 e. The highest BCUT2D eigenvalue weighted by Gasteiger charge is 2.48. The lowest BCUT2D eigenvalue weighted by atomic mass is 9.95. The molecule has 198 valence electrons. The average Bonchev–Trinajstić information content (AvgIpc) is 3.37. The number of aryl methyl sites for hydroxylation is 2. The predicted molar refractivity (Wildman–Crippen MR) is 146 cm³/mol. The van der Waals surface area contributed by atoms with E-state index in [1.807, 2.05) is 20.8 Å². The first-order valence-corrected chi connectivity index (χ1v) is 13.2. The van der Waals surface area contributed by atoms with Crippen LogP contribution in [0.2, 0.25) is 5.02 Å².